The van der Waals surface area contributed by atoms with Crippen molar-refractivity contribution in [1.29, 1.82) is 0 Å². The molecular formula is C20H29N3O2. The van der Waals surface area contributed by atoms with Gasteiger partial charge in [-0.15, -0.1) is 0 Å². The maximum Gasteiger partial charge on any atom is 0.312 e. The molecule has 0 aliphatic carbocycles. The van der Waals surface area contributed by atoms with Gasteiger partial charge in [-0.05, 0) is 49.8 Å². The average molecular weight is 343 g/mol. The van der Waals surface area contributed by atoms with E-state index in [1.807, 2.05) is 0 Å². The lowest BCUT2D eigenvalue weighted by molar-refractivity contribution is -0.152. The Morgan fingerprint density at radius 1 is 0.880 bits per heavy atom. The zero-order valence-electron chi connectivity index (χ0n) is 15.6. The van der Waals surface area contributed by atoms with E-state index in [0.717, 1.165) is 25.9 Å². The Labute approximate surface area is 150 Å². The Kier molecular flexibility index (Phi) is 5.30. The third kappa shape index (κ3) is 3.80. The largest absolute Gasteiger partial charge is 0.368 e. The predicted molar refractivity (Wildman–Crippen MR) is 99.7 cm³/mol. The number of aryl methyl sites for hydroxylation is 1. The molecule has 0 radical (unpaired) electrons. The first-order valence-electron chi connectivity index (χ1n) is 9.36. The molecule has 2 heterocycles. The average Bonchev–Trinajstić information content (AvgIpc) is 2.64. The van der Waals surface area contributed by atoms with Gasteiger partial charge >= 0.3 is 11.8 Å². The minimum Gasteiger partial charge on any atom is -0.368 e. The molecular weight excluding hydrogens is 314 g/mol. The second-order valence-corrected chi connectivity index (χ2v) is 7.47. The first kappa shape index (κ1) is 17.8. The van der Waals surface area contributed by atoms with E-state index in [0.29, 0.717) is 32.1 Å². The Bertz CT molecular complexity index is 642. The summed E-state index contributed by atoms with van der Waals surface area (Å²) in [5.41, 5.74) is 3.81. The zero-order valence-corrected chi connectivity index (χ0v) is 15.6. The molecule has 0 atom stereocenters. The highest BCUT2D eigenvalue weighted by atomic mass is 16.2. The summed E-state index contributed by atoms with van der Waals surface area (Å²) in [6.07, 6.45) is 2.00. The smallest absolute Gasteiger partial charge is 0.312 e. The van der Waals surface area contributed by atoms with Gasteiger partial charge in [-0.3, -0.25) is 9.59 Å². The highest BCUT2D eigenvalue weighted by Crippen LogP contribution is 2.24. The number of piperazine rings is 1. The summed E-state index contributed by atoms with van der Waals surface area (Å²) < 4.78 is 0. The molecule has 5 heteroatoms. The number of likely N-dealkylation sites (tertiary alicyclic amines) is 1. The molecule has 1 aromatic rings. The summed E-state index contributed by atoms with van der Waals surface area (Å²) in [5.74, 6) is 0.0162. The Hall–Kier alpha value is -2.04. The van der Waals surface area contributed by atoms with Crippen molar-refractivity contribution in [3.63, 3.8) is 0 Å². The van der Waals surface area contributed by atoms with Crippen molar-refractivity contribution < 1.29 is 9.59 Å². The van der Waals surface area contributed by atoms with Crippen molar-refractivity contribution in [1.82, 2.24) is 9.80 Å². The summed E-state index contributed by atoms with van der Waals surface area (Å²) in [5, 5.41) is 0. The maximum atomic E-state index is 12.6. The first-order chi connectivity index (χ1) is 12.0. The molecule has 2 amide bonds. The summed E-state index contributed by atoms with van der Waals surface area (Å²) in [6, 6.07) is 6.34. The molecule has 0 unspecified atom stereocenters. The third-order valence-electron chi connectivity index (χ3n) is 5.74. The van der Waals surface area contributed by atoms with Crippen LogP contribution in [0.25, 0.3) is 0 Å². The van der Waals surface area contributed by atoms with Crippen LogP contribution < -0.4 is 4.90 Å². The van der Waals surface area contributed by atoms with Gasteiger partial charge in [-0.2, -0.15) is 0 Å². The van der Waals surface area contributed by atoms with Gasteiger partial charge in [0.2, 0.25) is 0 Å². The number of amides is 2. The van der Waals surface area contributed by atoms with Crippen molar-refractivity contribution >= 4 is 17.5 Å². The number of carbonyl (C=O) groups excluding carboxylic acids is 2. The van der Waals surface area contributed by atoms with E-state index >= 15 is 0 Å². The topological polar surface area (TPSA) is 43.9 Å². The molecule has 5 nitrogen and oxygen atoms in total. The molecule has 0 bridgehead atoms. The molecule has 25 heavy (non-hydrogen) atoms. The van der Waals surface area contributed by atoms with Gasteiger partial charge in [0.1, 0.15) is 0 Å². The minimum atomic E-state index is -0.324. The number of hydrogen-bond acceptors (Lipinski definition) is 3. The van der Waals surface area contributed by atoms with Crippen LogP contribution in [0.4, 0.5) is 5.69 Å². The molecule has 2 saturated heterocycles. The fourth-order valence-electron chi connectivity index (χ4n) is 3.71. The number of hydrogen-bond donors (Lipinski definition) is 0. The third-order valence-corrected chi connectivity index (χ3v) is 5.74. The van der Waals surface area contributed by atoms with Crippen LogP contribution in [-0.2, 0) is 9.59 Å². The second-order valence-electron chi connectivity index (χ2n) is 7.47. The zero-order chi connectivity index (χ0) is 18.0. The number of anilines is 1. The fourth-order valence-corrected chi connectivity index (χ4v) is 3.71. The van der Waals surface area contributed by atoms with E-state index in [1.54, 1.807) is 9.80 Å². The van der Waals surface area contributed by atoms with E-state index < -0.39 is 0 Å². The van der Waals surface area contributed by atoms with Crippen LogP contribution in [0, 0.1) is 19.8 Å². The SMILES string of the molecule is Cc1cccc(N2CCN(C(=O)C(=O)N3CCC(C)CC3)CC2)c1C. The second kappa shape index (κ2) is 7.46. The molecule has 2 fully saturated rings. The van der Waals surface area contributed by atoms with Crippen molar-refractivity contribution in [2.24, 2.45) is 5.92 Å². The summed E-state index contributed by atoms with van der Waals surface area (Å²) in [7, 11) is 0. The molecule has 0 N–H and O–H groups in total. The summed E-state index contributed by atoms with van der Waals surface area (Å²) in [6.45, 7) is 10.7. The Morgan fingerprint density at radius 2 is 1.44 bits per heavy atom. The van der Waals surface area contributed by atoms with Crippen LogP contribution in [0.2, 0.25) is 0 Å². The van der Waals surface area contributed by atoms with Crippen LogP contribution in [0.3, 0.4) is 0 Å². The predicted octanol–water partition coefficient (Wildman–Crippen LogP) is 2.21. The minimum absolute atomic E-state index is 0.313. The van der Waals surface area contributed by atoms with Gasteiger partial charge in [0, 0.05) is 45.0 Å². The van der Waals surface area contributed by atoms with Gasteiger partial charge in [-0.25, -0.2) is 0 Å². The van der Waals surface area contributed by atoms with E-state index in [9.17, 15) is 9.59 Å². The number of piperidine rings is 1. The molecule has 3 rings (SSSR count). The number of carbonyl (C=O) groups is 2. The molecule has 2 aliphatic rings. The van der Waals surface area contributed by atoms with E-state index in [2.05, 4.69) is 43.9 Å². The van der Waals surface area contributed by atoms with E-state index in [4.69, 9.17) is 0 Å². The van der Waals surface area contributed by atoms with Gasteiger partial charge in [-0.1, -0.05) is 19.1 Å². The molecule has 136 valence electrons. The van der Waals surface area contributed by atoms with Gasteiger partial charge in [0.05, 0.1) is 0 Å². The molecule has 2 aliphatic heterocycles. The van der Waals surface area contributed by atoms with Crippen LogP contribution in [0.5, 0.6) is 0 Å². The molecule has 0 saturated carbocycles. The van der Waals surface area contributed by atoms with E-state index in [-0.39, 0.29) is 11.8 Å². The maximum absolute atomic E-state index is 12.6. The van der Waals surface area contributed by atoms with Crippen molar-refractivity contribution in [3.05, 3.63) is 29.3 Å². The highest BCUT2D eigenvalue weighted by molar-refractivity contribution is 6.34. The van der Waals surface area contributed by atoms with Crippen molar-refractivity contribution in [2.75, 3.05) is 44.2 Å². The van der Waals surface area contributed by atoms with Crippen molar-refractivity contribution in [2.45, 2.75) is 33.6 Å². The summed E-state index contributed by atoms with van der Waals surface area (Å²) in [4.78, 5) is 30.8. The Balaban J connectivity index is 1.57. The van der Waals surface area contributed by atoms with Gasteiger partial charge in [0.15, 0.2) is 0 Å². The number of benzene rings is 1. The Morgan fingerprint density at radius 3 is 2.04 bits per heavy atom. The fraction of sp³-hybridized carbons (Fsp3) is 0.600. The van der Waals surface area contributed by atoms with Crippen LogP contribution >= 0.6 is 0 Å². The normalized spacial score (nSPS) is 19.2. The molecule has 0 spiro atoms. The lowest BCUT2D eigenvalue weighted by Gasteiger charge is -2.38. The van der Waals surface area contributed by atoms with Crippen LogP contribution in [0.15, 0.2) is 18.2 Å². The molecule has 1 aromatic carbocycles. The first-order valence-corrected chi connectivity index (χ1v) is 9.36. The molecule has 0 aromatic heterocycles. The lowest BCUT2D eigenvalue weighted by Crippen LogP contribution is -2.54. The van der Waals surface area contributed by atoms with Crippen LogP contribution in [-0.4, -0.2) is 60.9 Å². The number of rotatable bonds is 1. The van der Waals surface area contributed by atoms with Crippen LogP contribution in [0.1, 0.15) is 30.9 Å². The number of nitrogens with zero attached hydrogens (tertiary/aromatic N) is 3. The van der Waals surface area contributed by atoms with Crippen molar-refractivity contribution in [3.8, 4) is 0 Å². The standard InChI is InChI=1S/C20H29N3O2/c1-15-7-9-22(10-8-15)19(24)20(25)23-13-11-21(12-14-23)18-6-4-5-16(2)17(18)3/h4-6,15H,7-14H2,1-3H3. The van der Waals surface area contributed by atoms with E-state index in [1.165, 1.54) is 16.8 Å². The quantitative estimate of drug-likeness (QED) is 0.735. The highest BCUT2D eigenvalue weighted by Gasteiger charge is 2.31. The summed E-state index contributed by atoms with van der Waals surface area (Å²) >= 11 is 0. The van der Waals surface area contributed by atoms with Gasteiger partial charge < -0.3 is 14.7 Å². The van der Waals surface area contributed by atoms with Gasteiger partial charge in [0.25, 0.3) is 0 Å². The monoisotopic (exact) mass is 343 g/mol. The lowest BCUT2D eigenvalue weighted by atomic mass is 9.99.